The van der Waals surface area contributed by atoms with Gasteiger partial charge in [0, 0.05) is 19.0 Å². The summed E-state index contributed by atoms with van der Waals surface area (Å²) in [6, 6.07) is 0.755. The molecule has 112 valence electrons. The minimum atomic E-state index is 0.755. The molecule has 1 aromatic rings. The van der Waals surface area contributed by atoms with Gasteiger partial charge in [-0.1, -0.05) is 12.1 Å². The number of aromatic nitrogens is 2. The van der Waals surface area contributed by atoms with Crippen LogP contribution in [-0.4, -0.2) is 40.7 Å². The van der Waals surface area contributed by atoms with E-state index in [9.17, 15) is 0 Å². The summed E-state index contributed by atoms with van der Waals surface area (Å²) in [5, 5.41) is 7.64. The molecule has 1 atom stereocenters. The number of hydrogen-bond acceptors (Lipinski definition) is 5. The number of hydrogen-bond donors (Lipinski definition) is 1. The van der Waals surface area contributed by atoms with E-state index >= 15 is 0 Å². The van der Waals surface area contributed by atoms with Crippen molar-refractivity contribution in [2.24, 2.45) is 5.92 Å². The van der Waals surface area contributed by atoms with Gasteiger partial charge in [0.05, 0.1) is 6.54 Å². The van der Waals surface area contributed by atoms with Crippen molar-refractivity contribution in [3.63, 3.8) is 0 Å². The summed E-state index contributed by atoms with van der Waals surface area (Å²) in [6.45, 7) is 6.52. The van der Waals surface area contributed by atoms with Crippen molar-refractivity contribution in [3.05, 3.63) is 11.7 Å². The van der Waals surface area contributed by atoms with Crippen LogP contribution in [0.2, 0.25) is 0 Å². The zero-order valence-electron chi connectivity index (χ0n) is 12.5. The van der Waals surface area contributed by atoms with Crippen LogP contribution in [0.3, 0.4) is 0 Å². The molecule has 1 aliphatic heterocycles. The van der Waals surface area contributed by atoms with Gasteiger partial charge >= 0.3 is 0 Å². The molecule has 5 heteroatoms. The molecule has 5 nitrogen and oxygen atoms in total. The number of nitrogens with zero attached hydrogens (tertiary/aromatic N) is 3. The summed E-state index contributed by atoms with van der Waals surface area (Å²) in [7, 11) is 0. The molecule has 0 amide bonds. The first-order valence-electron chi connectivity index (χ1n) is 8.11. The molecular weight excluding hydrogens is 252 g/mol. The fourth-order valence-corrected chi connectivity index (χ4v) is 3.05. The molecule has 0 aromatic carbocycles. The first-order valence-corrected chi connectivity index (χ1v) is 8.11. The second-order valence-electron chi connectivity index (χ2n) is 6.23. The largest absolute Gasteiger partial charge is 0.339 e. The average molecular weight is 278 g/mol. The topological polar surface area (TPSA) is 54.2 Å². The van der Waals surface area contributed by atoms with E-state index in [0.29, 0.717) is 0 Å². The predicted octanol–water partition coefficient (Wildman–Crippen LogP) is 1.99. The Hall–Kier alpha value is -0.940. The van der Waals surface area contributed by atoms with E-state index in [4.69, 9.17) is 4.52 Å². The van der Waals surface area contributed by atoms with E-state index in [1.165, 1.54) is 38.8 Å². The first-order chi connectivity index (χ1) is 9.85. The summed E-state index contributed by atoms with van der Waals surface area (Å²) in [6.07, 6.45) is 7.28. The van der Waals surface area contributed by atoms with Crippen molar-refractivity contribution < 1.29 is 4.52 Å². The predicted molar refractivity (Wildman–Crippen MR) is 77.3 cm³/mol. The molecule has 20 heavy (non-hydrogen) atoms. The summed E-state index contributed by atoms with van der Waals surface area (Å²) >= 11 is 0. The molecule has 1 saturated carbocycles. The fourth-order valence-electron chi connectivity index (χ4n) is 3.05. The highest BCUT2D eigenvalue weighted by Gasteiger charge is 2.31. The Balaban J connectivity index is 1.55. The minimum Gasteiger partial charge on any atom is -0.339 e. The smallest absolute Gasteiger partial charge is 0.226 e. The monoisotopic (exact) mass is 278 g/mol. The third kappa shape index (κ3) is 3.79. The van der Waals surface area contributed by atoms with Gasteiger partial charge in [-0.05, 0) is 51.1 Å². The maximum absolute atomic E-state index is 5.30. The van der Waals surface area contributed by atoms with Gasteiger partial charge in [0.2, 0.25) is 5.89 Å². The molecule has 1 aromatic heterocycles. The molecule has 1 saturated heterocycles. The first kappa shape index (κ1) is 14.0. The van der Waals surface area contributed by atoms with Gasteiger partial charge in [-0.2, -0.15) is 4.98 Å². The Bertz CT molecular complexity index is 410. The van der Waals surface area contributed by atoms with Crippen molar-refractivity contribution in [2.45, 2.75) is 58.0 Å². The number of piperidine rings is 1. The number of aryl methyl sites for hydroxylation is 1. The van der Waals surface area contributed by atoms with Crippen LogP contribution in [0.25, 0.3) is 0 Å². The highest BCUT2D eigenvalue weighted by atomic mass is 16.5. The number of rotatable bonds is 7. The van der Waals surface area contributed by atoms with Crippen molar-refractivity contribution >= 4 is 0 Å². The summed E-state index contributed by atoms with van der Waals surface area (Å²) in [5.41, 5.74) is 0. The second-order valence-corrected chi connectivity index (χ2v) is 6.23. The molecule has 0 bridgehead atoms. The highest BCUT2D eigenvalue weighted by Crippen LogP contribution is 2.29. The van der Waals surface area contributed by atoms with E-state index in [1.807, 2.05) is 0 Å². The maximum atomic E-state index is 5.30. The molecule has 2 heterocycles. The van der Waals surface area contributed by atoms with Crippen LogP contribution in [0.15, 0.2) is 4.52 Å². The van der Waals surface area contributed by atoms with Crippen LogP contribution in [0.1, 0.15) is 50.7 Å². The molecular formula is C15H26N4O. The zero-order valence-corrected chi connectivity index (χ0v) is 12.5. The van der Waals surface area contributed by atoms with Crippen molar-refractivity contribution in [3.8, 4) is 0 Å². The van der Waals surface area contributed by atoms with Crippen molar-refractivity contribution in [2.75, 3.05) is 19.6 Å². The average Bonchev–Trinajstić information content (AvgIpc) is 3.22. The van der Waals surface area contributed by atoms with Gasteiger partial charge in [-0.25, -0.2) is 0 Å². The molecule has 2 fully saturated rings. The van der Waals surface area contributed by atoms with Crippen molar-refractivity contribution in [1.29, 1.82) is 0 Å². The van der Waals surface area contributed by atoms with Crippen LogP contribution in [-0.2, 0) is 13.0 Å². The summed E-state index contributed by atoms with van der Waals surface area (Å²) in [5.74, 6) is 2.44. The molecule has 3 rings (SSSR count). The van der Waals surface area contributed by atoms with Crippen LogP contribution in [0, 0.1) is 5.92 Å². The Labute approximate surface area is 121 Å². The lowest BCUT2D eigenvalue weighted by atomic mass is 9.99. The van der Waals surface area contributed by atoms with Crippen LogP contribution >= 0.6 is 0 Å². The van der Waals surface area contributed by atoms with Gasteiger partial charge in [-0.3, -0.25) is 4.90 Å². The van der Waals surface area contributed by atoms with E-state index in [-0.39, 0.29) is 0 Å². The lowest BCUT2D eigenvalue weighted by Gasteiger charge is -2.29. The van der Waals surface area contributed by atoms with Crippen LogP contribution in [0.4, 0.5) is 0 Å². The quantitative estimate of drug-likeness (QED) is 0.826. The Kier molecular flexibility index (Phi) is 4.68. The molecule has 0 radical (unpaired) electrons. The zero-order chi connectivity index (χ0) is 13.8. The van der Waals surface area contributed by atoms with E-state index in [2.05, 4.69) is 27.3 Å². The standard InChI is InChI=1S/C15H26N4O/c1-2-4-15-17-14(18-20-15)11-19(13-6-7-13)10-12-5-3-8-16-9-12/h12-13,16H,2-11H2,1H3. The maximum Gasteiger partial charge on any atom is 0.226 e. The summed E-state index contributed by atoms with van der Waals surface area (Å²) < 4.78 is 5.30. The minimum absolute atomic E-state index is 0.755. The molecule has 1 N–H and O–H groups in total. The van der Waals surface area contributed by atoms with Gasteiger partial charge in [0.1, 0.15) is 0 Å². The van der Waals surface area contributed by atoms with E-state index in [1.54, 1.807) is 0 Å². The Morgan fingerprint density at radius 1 is 1.35 bits per heavy atom. The third-order valence-electron chi connectivity index (χ3n) is 4.27. The second kappa shape index (κ2) is 6.68. The fraction of sp³-hybridized carbons (Fsp3) is 0.867. The Morgan fingerprint density at radius 2 is 2.25 bits per heavy atom. The van der Waals surface area contributed by atoms with Gasteiger partial charge < -0.3 is 9.84 Å². The van der Waals surface area contributed by atoms with E-state index in [0.717, 1.165) is 49.6 Å². The van der Waals surface area contributed by atoms with Gasteiger partial charge in [0.25, 0.3) is 0 Å². The molecule has 1 unspecified atom stereocenters. The van der Waals surface area contributed by atoms with Crippen molar-refractivity contribution in [1.82, 2.24) is 20.4 Å². The van der Waals surface area contributed by atoms with Crippen LogP contribution in [0.5, 0.6) is 0 Å². The summed E-state index contributed by atoms with van der Waals surface area (Å²) in [4.78, 5) is 7.08. The molecule has 1 aliphatic carbocycles. The normalized spacial score (nSPS) is 23.4. The van der Waals surface area contributed by atoms with Gasteiger partial charge in [0.15, 0.2) is 5.82 Å². The third-order valence-corrected chi connectivity index (χ3v) is 4.27. The SMILES string of the molecule is CCCc1nc(CN(CC2CCCNC2)C2CC2)no1. The van der Waals surface area contributed by atoms with Crippen LogP contribution < -0.4 is 5.32 Å². The number of nitrogens with one attached hydrogen (secondary N) is 1. The molecule has 2 aliphatic rings. The van der Waals surface area contributed by atoms with E-state index < -0.39 is 0 Å². The Morgan fingerprint density at radius 3 is 2.95 bits per heavy atom. The lowest BCUT2D eigenvalue weighted by molar-refractivity contribution is 0.187. The van der Waals surface area contributed by atoms with Gasteiger partial charge in [-0.15, -0.1) is 0 Å². The lowest BCUT2D eigenvalue weighted by Crippen LogP contribution is -2.39. The molecule has 0 spiro atoms. The highest BCUT2D eigenvalue weighted by molar-refractivity contribution is 4.92.